The van der Waals surface area contributed by atoms with E-state index in [1.807, 2.05) is 37.8 Å². The summed E-state index contributed by atoms with van der Waals surface area (Å²) in [6.45, 7) is 10.6. The number of fused-ring (bicyclic) bond motifs is 1. The highest BCUT2D eigenvalue weighted by Gasteiger charge is 2.28. The van der Waals surface area contributed by atoms with Gasteiger partial charge in [-0.15, -0.1) is 0 Å². The lowest BCUT2D eigenvalue weighted by molar-refractivity contribution is 0.0433. The Morgan fingerprint density at radius 1 is 1.16 bits per heavy atom. The number of pyridine rings is 1. The fraction of sp³-hybridized carbons (Fsp3) is 0.522. The smallest absolute Gasteiger partial charge is 0.259 e. The fourth-order valence-corrected chi connectivity index (χ4v) is 4.67. The molecule has 0 radical (unpaired) electrons. The molecular formula is C23H28N4O4. The molecule has 8 nitrogen and oxygen atoms in total. The van der Waals surface area contributed by atoms with Crippen molar-refractivity contribution in [2.75, 3.05) is 39.3 Å². The van der Waals surface area contributed by atoms with Crippen molar-refractivity contribution in [3.8, 4) is 11.3 Å². The summed E-state index contributed by atoms with van der Waals surface area (Å²) in [7, 11) is 0. The third kappa shape index (κ3) is 3.85. The van der Waals surface area contributed by atoms with E-state index in [9.17, 15) is 4.79 Å². The van der Waals surface area contributed by atoms with Gasteiger partial charge in [-0.1, -0.05) is 5.16 Å². The maximum atomic E-state index is 13.6. The van der Waals surface area contributed by atoms with Crippen LogP contribution in [0.15, 0.2) is 21.1 Å². The number of piperazine rings is 1. The number of amides is 1. The molecule has 0 bridgehead atoms. The highest BCUT2D eigenvalue weighted by atomic mass is 16.5. The van der Waals surface area contributed by atoms with Crippen LogP contribution in [0.25, 0.3) is 22.4 Å². The van der Waals surface area contributed by atoms with Crippen molar-refractivity contribution >= 4 is 17.0 Å². The van der Waals surface area contributed by atoms with Crippen LogP contribution >= 0.6 is 0 Å². The number of aromatic nitrogens is 2. The maximum Gasteiger partial charge on any atom is 0.259 e. The first-order chi connectivity index (χ1) is 15.0. The Hall–Kier alpha value is -2.71. The number of ether oxygens (including phenoxy) is 1. The molecule has 1 unspecified atom stereocenters. The van der Waals surface area contributed by atoms with Gasteiger partial charge in [-0.25, -0.2) is 4.98 Å². The third-order valence-corrected chi connectivity index (χ3v) is 6.31. The molecule has 0 aromatic carbocycles. The zero-order valence-corrected chi connectivity index (χ0v) is 18.3. The number of hydrogen-bond donors (Lipinski definition) is 0. The lowest BCUT2D eigenvalue weighted by Crippen LogP contribution is -2.50. The minimum Gasteiger partial charge on any atom is -0.466 e. The number of carbonyl (C=O) groups is 1. The highest BCUT2D eigenvalue weighted by molar-refractivity contribution is 6.07. The Morgan fingerprint density at radius 2 is 1.97 bits per heavy atom. The van der Waals surface area contributed by atoms with Crippen LogP contribution in [-0.2, 0) is 4.74 Å². The lowest BCUT2D eigenvalue weighted by atomic mass is 10.0. The van der Waals surface area contributed by atoms with Crippen LogP contribution in [0.2, 0.25) is 0 Å². The van der Waals surface area contributed by atoms with Gasteiger partial charge in [0.15, 0.2) is 0 Å². The first-order valence-electron chi connectivity index (χ1n) is 11.0. The van der Waals surface area contributed by atoms with Crippen molar-refractivity contribution in [1.29, 1.82) is 0 Å². The monoisotopic (exact) mass is 424 g/mol. The molecule has 5 heterocycles. The van der Waals surface area contributed by atoms with Gasteiger partial charge in [0.1, 0.15) is 11.5 Å². The van der Waals surface area contributed by atoms with E-state index >= 15 is 0 Å². The summed E-state index contributed by atoms with van der Waals surface area (Å²) >= 11 is 0. The predicted octanol–water partition coefficient (Wildman–Crippen LogP) is 3.34. The normalized spacial score (nSPS) is 20.1. The number of carbonyl (C=O) groups excluding carboxylic acids is 1. The Labute approximate surface area is 181 Å². The van der Waals surface area contributed by atoms with Gasteiger partial charge < -0.3 is 18.6 Å². The van der Waals surface area contributed by atoms with Crippen LogP contribution in [-0.4, -0.2) is 71.3 Å². The summed E-state index contributed by atoms with van der Waals surface area (Å²) in [4.78, 5) is 22.5. The van der Waals surface area contributed by atoms with Crippen molar-refractivity contribution < 1.29 is 18.5 Å². The van der Waals surface area contributed by atoms with E-state index in [0.717, 1.165) is 56.2 Å². The molecule has 1 amide bonds. The second kappa shape index (κ2) is 8.09. The molecule has 31 heavy (non-hydrogen) atoms. The van der Waals surface area contributed by atoms with Gasteiger partial charge in [-0.3, -0.25) is 9.69 Å². The highest BCUT2D eigenvalue weighted by Crippen LogP contribution is 2.31. The number of nitrogens with zero attached hydrogens (tertiary/aromatic N) is 4. The van der Waals surface area contributed by atoms with Crippen molar-refractivity contribution in [2.24, 2.45) is 0 Å². The minimum absolute atomic E-state index is 0.00501. The molecule has 8 heteroatoms. The largest absolute Gasteiger partial charge is 0.466 e. The van der Waals surface area contributed by atoms with E-state index in [2.05, 4.69) is 15.0 Å². The molecule has 2 aliphatic heterocycles. The second-order valence-corrected chi connectivity index (χ2v) is 8.56. The van der Waals surface area contributed by atoms with E-state index in [-0.39, 0.29) is 5.91 Å². The van der Waals surface area contributed by atoms with Gasteiger partial charge in [0.2, 0.25) is 0 Å². The molecule has 0 saturated carbocycles. The number of rotatable bonds is 4. The minimum atomic E-state index is -0.00501. The van der Waals surface area contributed by atoms with Crippen molar-refractivity contribution in [3.05, 3.63) is 34.9 Å². The average molecular weight is 425 g/mol. The Bertz CT molecular complexity index is 1100. The number of aryl methyl sites for hydroxylation is 3. The first kappa shape index (κ1) is 20.2. The van der Waals surface area contributed by atoms with Gasteiger partial charge in [0, 0.05) is 44.9 Å². The second-order valence-electron chi connectivity index (χ2n) is 8.56. The molecule has 2 aliphatic rings. The van der Waals surface area contributed by atoms with Crippen LogP contribution in [0.1, 0.15) is 40.4 Å². The third-order valence-electron chi connectivity index (χ3n) is 6.31. The first-order valence-corrected chi connectivity index (χ1v) is 11.0. The molecule has 0 spiro atoms. The summed E-state index contributed by atoms with van der Waals surface area (Å²) in [5.41, 5.74) is 3.18. The van der Waals surface area contributed by atoms with Crippen LogP contribution in [0.3, 0.4) is 0 Å². The Morgan fingerprint density at radius 3 is 2.65 bits per heavy atom. The molecule has 3 aromatic heterocycles. The number of hydrogen-bond acceptors (Lipinski definition) is 7. The van der Waals surface area contributed by atoms with Gasteiger partial charge >= 0.3 is 0 Å². The quantitative estimate of drug-likeness (QED) is 0.635. The maximum absolute atomic E-state index is 13.6. The summed E-state index contributed by atoms with van der Waals surface area (Å²) in [5.74, 6) is 1.56. The molecule has 164 valence electrons. The van der Waals surface area contributed by atoms with Crippen LogP contribution in [0.4, 0.5) is 0 Å². The zero-order chi connectivity index (χ0) is 21.5. The zero-order valence-electron chi connectivity index (χ0n) is 18.3. The predicted molar refractivity (Wildman–Crippen MR) is 115 cm³/mol. The van der Waals surface area contributed by atoms with Gasteiger partial charge in [-0.2, -0.15) is 0 Å². The van der Waals surface area contributed by atoms with E-state index in [0.29, 0.717) is 47.2 Å². The number of furan rings is 1. The van der Waals surface area contributed by atoms with E-state index in [1.165, 1.54) is 0 Å². The summed E-state index contributed by atoms with van der Waals surface area (Å²) < 4.78 is 16.9. The van der Waals surface area contributed by atoms with E-state index < -0.39 is 0 Å². The molecule has 3 aromatic rings. The van der Waals surface area contributed by atoms with Gasteiger partial charge in [0.05, 0.1) is 28.4 Å². The van der Waals surface area contributed by atoms with Crippen LogP contribution in [0, 0.1) is 20.8 Å². The molecule has 2 fully saturated rings. The average Bonchev–Trinajstić information content (AvgIpc) is 3.48. The van der Waals surface area contributed by atoms with Crippen molar-refractivity contribution in [3.63, 3.8) is 0 Å². The van der Waals surface area contributed by atoms with Gasteiger partial charge in [0.25, 0.3) is 11.6 Å². The topological polar surface area (TPSA) is 84.8 Å². The van der Waals surface area contributed by atoms with Crippen molar-refractivity contribution in [1.82, 2.24) is 19.9 Å². The molecular weight excluding hydrogens is 396 g/mol. The standard InChI is InChI=1S/C23H28N4O4/c1-14-11-18(16(3)30-14)20-12-19(21-15(2)25-31-22(21)24-20)23(28)27-8-6-26(7-9-27)13-17-5-4-10-29-17/h11-12,17H,4-10,13H2,1-3H3. The lowest BCUT2D eigenvalue weighted by Gasteiger charge is -2.35. The van der Waals surface area contributed by atoms with Crippen LogP contribution in [0.5, 0.6) is 0 Å². The van der Waals surface area contributed by atoms with Crippen LogP contribution < -0.4 is 0 Å². The Kier molecular flexibility index (Phi) is 5.27. The summed E-state index contributed by atoms with van der Waals surface area (Å²) in [6.07, 6.45) is 2.62. The van der Waals surface area contributed by atoms with Crippen molar-refractivity contribution in [2.45, 2.75) is 39.7 Å². The van der Waals surface area contributed by atoms with Gasteiger partial charge in [-0.05, 0) is 45.7 Å². The summed E-state index contributed by atoms with van der Waals surface area (Å²) in [5, 5.41) is 4.75. The fourth-order valence-electron chi connectivity index (χ4n) is 4.67. The molecule has 0 aliphatic carbocycles. The molecule has 5 rings (SSSR count). The molecule has 1 atom stereocenters. The molecule has 2 saturated heterocycles. The SMILES string of the molecule is Cc1cc(-c2cc(C(=O)N3CCN(CC4CCCO4)CC3)c3c(C)noc3n2)c(C)o1. The summed E-state index contributed by atoms with van der Waals surface area (Å²) in [6, 6.07) is 3.79. The Balaban J connectivity index is 1.40. The van der Waals surface area contributed by atoms with E-state index in [1.54, 1.807) is 0 Å². The van der Waals surface area contributed by atoms with E-state index in [4.69, 9.17) is 13.7 Å². The molecule has 0 N–H and O–H groups in total.